The van der Waals surface area contributed by atoms with Crippen LogP contribution in [0.4, 0.5) is 0 Å². The lowest BCUT2D eigenvalue weighted by Gasteiger charge is -2.09. The van der Waals surface area contributed by atoms with Crippen LogP contribution >= 0.6 is 0 Å². The SMILES string of the molecule is CCCNC(=O)/C=C/c1ccc(OCC(N)=O)c(OC)c1. The summed E-state index contributed by atoms with van der Waals surface area (Å²) >= 11 is 0. The number of carbonyl (C=O) groups excluding carboxylic acids is 2. The minimum Gasteiger partial charge on any atom is -0.493 e. The summed E-state index contributed by atoms with van der Waals surface area (Å²) in [4.78, 5) is 22.2. The minimum atomic E-state index is -0.561. The zero-order valence-corrected chi connectivity index (χ0v) is 12.2. The van der Waals surface area contributed by atoms with Gasteiger partial charge in [-0.25, -0.2) is 0 Å². The molecule has 0 aliphatic rings. The van der Waals surface area contributed by atoms with Crippen LogP contribution in [0.25, 0.3) is 6.08 Å². The van der Waals surface area contributed by atoms with Crippen molar-refractivity contribution in [1.29, 1.82) is 0 Å². The second kappa shape index (κ2) is 8.63. The van der Waals surface area contributed by atoms with Crippen LogP contribution in [0, 0.1) is 0 Å². The molecule has 0 saturated carbocycles. The molecule has 0 aliphatic carbocycles. The van der Waals surface area contributed by atoms with Gasteiger partial charge < -0.3 is 20.5 Å². The van der Waals surface area contributed by atoms with E-state index in [1.807, 2.05) is 6.92 Å². The Labute approximate surface area is 123 Å². The van der Waals surface area contributed by atoms with E-state index in [4.69, 9.17) is 15.2 Å². The summed E-state index contributed by atoms with van der Waals surface area (Å²) in [7, 11) is 1.49. The molecule has 0 fully saturated rings. The van der Waals surface area contributed by atoms with Gasteiger partial charge in [-0.3, -0.25) is 9.59 Å². The largest absolute Gasteiger partial charge is 0.493 e. The normalized spacial score (nSPS) is 10.4. The van der Waals surface area contributed by atoms with Crippen LogP contribution in [-0.2, 0) is 9.59 Å². The first-order valence-corrected chi connectivity index (χ1v) is 6.62. The van der Waals surface area contributed by atoms with Gasteiger partial charge in [0.05, 0.1) is 7.11 Å². The molecule has 0 aromatic heterocycles. The molecule has 6 heteroatoms. The molecule has 0 unspecified atom stereocenters. The lowest BCUT2D eigenvalue weighted by atomic mass is 10.2. The minimum absolute atomic E-state index is 0.148. The van der Waals surface area contributed by atoms with Gasteiger partial charge in [-0.05, 0) is 30.2 Å². The molecule has 0 aliphatic heterocycles. The van der Waals surface area contributed by atoms with E-state index >= 15 is 0 Å². The number of hydrogen-bond donors (Lipinski definition) is 2. The van der Waals surface area contributed by atoms with Crippen LogP contribution in [0.15, 0.2) is 24.3 Å². The number of amides is 2. The molecule has 0 heterocycles. The Morgan fingerprint density at radius 1 is 1.33 bits per heavy atom. The number of methoxy groups -OCH3 is 1. The average molecular weight is 292 g/mol. The highest BCUT2D eigenvalue weighted by atomic mass is 16.5. The molecule has 2 amide bonds. The van der Waals surface area contributed by atoms with E-state index in [1.54, 1.807) is 24.3 Å². The predicted octanol–water partition coefficient (Wildman–Crippen LogP) is 1.10. The van der Waals surface area contributed by atoms with E-state index in [1.165, 1.54) is 13.2 Å². The van der Waals surface area contributed by atoms with Crippen LogP contribution in [-0.4, -0.2) is 32.1 Å². The Hall–Kier alpha value is -2.50. The lowest BCUT2D eigenvalue weighted by molar-refractivity contribution is -0.120. The number of nitrogens with two attached hydrogens (primary N) is 1. The Bertz CT molecular complexity index is 526. The van der Waals surface area contributed by atoms with Gasteiger partial charge in [0.25, 0.3) is 5.91 Å². The zero-order valence-electron chi connectivity index (χ0n) is 12.2. The van der Waals surface area contributed by atoms with Gasteiger partial charge in [0.1, 0.15) is 0 Å². The topological polar surface area (TPSA) is 90.6 Å². The van der Waals surface area contributed by atoms with Crippen molar-refractivity contribution in [3.05, 3.63) is 29.8 Å². The molecule has 0 atom stereocenters. The monoisotopic (exact) mass is 292 g/mol. The molecule has 1 rings (SSSR count). The molecule has 0 bridgehead atoms. The number of hydrogen-bond acceptors (Lipinski definition) is 4. The fourth-order valence-corrected chi connectivity index (χ4v) is 1.54. The molecule has 114 valence electrons. The maximum Gasteiger partial charge on any atom is 0.255 e. The van der Waals surface area contributed by atoms with Gasteiger partial charge in [-0.2, -0.15) is 0 Å². The van der Waals surface area contributed by atoms with Crippen LogP contribution in [0.1, 0.15) is 18.9 Å². The van der Waals surface area contributed by atoms with Crippen molar-refractivity contribution in [2.45, 2.75) is 13.3 Å². The highest BCUT2D eigenvalue weighted by molar-refractivity contribution is 5.91. The Morgan fingerprint density at radius 2 is 2.10 bits per heavy atom. The number of nitrogens with one attached hydrogen (secondary N) is 1. The van der Waals surface area contributed by atoms with Crippen LogP contribution in [0.3, 0.4) is 0 Å². The van der Waals surface area contributed by atoms with E-state index in [2.05, 4.69) is 5.32 Å². The molecule has 3 N–H and O–H groups in total. The lowest BCUT2D eigenvalue weighted by Crippen LogP contribution is -2.21. The van der Waals surface area contributed by atoms with Gasteiger partial charge in [-0.15, -0.1) is 0 Å². The standard InChI is InChI=1S/C15H20N2O4/c1-3-8-17-15(19)7-5-11-4-6-12(13(9-11)20-2)21-10-14(16)18/h4-7,9H,3,8,10H2,1-2H3,(H2,16,18)(H,17,19)/b7-5+. The summed E-state index contributed by atoms with van der Waals surface area (Å²) in [6, 6.07) is 5.12. The van der Waals surface area contributed by atoms with Crippen molar-refractivity contribution in [3.63, 3.8) is 0 Å². The first-order valence-electron chi connectivity index (χ1n) is 6.62. The number of primary amides is 1. The van der Waals surface area contributed by atoms with Crippen LogP contribution < -0.4 is 20.5 Å². The molecular formula is C15H20N2O4. The predicted molar refractivity (Wildman–Crippen MR) is 80.0 cm³/mol. The molecule has 21 heavy (non-hydrogen) atoms. The third-order valence-corrected chi connectivity index (χ3v) is 2.53. The Kier molecular flexibility index (Phi) is 6.80. The van der Waals surface area contributed by atoms with Crippen molar-refractivity contribution in [1.82, 2.24) is 5.32 Å². The first kappa shape index (κ1) is 16.6. The number of carbonyl (C=O) groups is 2. The van der Waals surface area contributed by atoms with Crippen molar-refractivity contribution >= 4 is 17.9 Å². The van der Waals surface area contributed by atoms with E-state index in [-0.39, 0.29) is 12.5 Å². The Balaban J connectivity index is 2.75. The van der Waals surface area contributed by atoms with Gasteiger partial charge in [0.2, 0.25) is 5.91 Å². The fourth-order valence-electron chi connectivity index (χ4n) is 1.54. The van der Waals surface area contributed by atoms with E-state index < -0.39 is 5.91 Å². The van der Waals surface area contributed by atoms with Crippen molar-refractivity contribution in [2.24, 2.45) is 5.73 Å². The van der Waals surface area contributed by atoms with Gasteiger partial charge >= 0.3 is 0 Å². The fraction of sp³-hybridized carbons (Fsp3) is 0.333. The molecule has 0 saturated heterocycles. The quantitative estimate of drug-likeness (QED) is 0.702. The smallest absolute Gasteiger partial charge is 0.255 e. The van der Waals surface area contributed by atoms with Crippen LogP contribution in [0.5, 0.6) is 11.5 Å². The zero-order chi connectivity index (χ0) is 15.7. The summed E-state index contributed by atoms with van der Waals surface area (Å²) in [5.41, 5.74) is 5.80. The first-order chi connectivity index (χ1) is 10.1. The second-order valence-corrected chi connectivity index (χ2v) is 4.29. The summed E-state index contributed by atoms with van der Waals surface area (Å²) in [6.07, 6.45) is 4.01. The third-order valence-electron chi connectivity index (χ3n) is 2.53. The number of ether oxygens (including phenoxy) is 2. The van der Waals surface area contributed by atoms with Crippen molar-refractivity contribution < 1.29 is 19.1 Å². The molecule has 1 aromatic rings. The number of benzene rings is 1. The third kappa shape index (κ3) is 5.99. The number of rotatable bonds is 8. The average Bonchev–Trinajstić information content (AvgIpc) is 2.48. The Morgan fingerprint density at radius 3 is 2.71 bits per heavy atom. The summed E-state index contributed by atoms with van der Waals surface area (Å²) in [5, 5.41) is 2.74. The second-order valence-electron chi connectivity index (χ2n) is 4.29. The highest BCUT2D eigenvalue weighted by Gasteiger charge is 2.06. The molecular weight excluding hydrogens is 272 g/mol. The molecule has 1 aromatic carbocycles. The van der Waals surface area contributed by atoms with Crippen molar-refractivity contribution in [3.8, 4) is 11.5 Å². The highest BCUT2D eigenvalue weighted by Crippen LogP contribution is 2.28. The summed E-state index contributed by atoms with van der Waals surface area (Å²) in [6.45, 7) is 2.41. The maximum atomic E-state index is 11.5. The van der Waals surface area contributed by atoms with Gasteiger partial charge in [-0.1, -0.05) is 13.0 Å². The van der Waals surface area contributed by atoms with E-state index in [0.717, 1.165) is 12.0 Å². The maximum absolute atomic E-state index is 11.5. The molecule has 0 radical (unpaired) electrons. The summed E-state index contributed by atoms with van der Waals surface area (Å²) in [5.74, 6) is 0.176. The van der Waals surface area contributed by atoms with E-state index in [0.29, 0.717) is 18.0 Å². The molecule has 0 spiro atoms. The summed E-state index contributed by atoms with van der Waals surface area (Å²) < 4.78 is 10.4. The molecule has 6 nitrogen and oxygen atoms in total. The van der Waals surface area contributed by atoms with Crippen LogP contribution in [0.2, 0.25) is 0 Å². The van der Waals surface area contributed by atoms with Gasteiger partial charge in [0.15, 0.2) is 18.1 Å². The van der Waals surface area contributed by atoms with Crippen molar-refractivity contribution in [2.75, 3.05) is 20.3 Å². The van der Waals surface area contributed by atoms with E-state index in [9.17, 15) is 9.59 Å². The van der Waals surface area contributed by atoms with Gasteiger partial charge in [0, 0.05) is 12.6 Å².